The van der Waals surface area contributed by atoms with Gasteiger partial charge in [0.05, 0.1) is 5.56 Å². The monoisotopic (exact) mass is 417 g/mol. The zero-order chi connectivity index (χ0) is 21.1. The van der Waals surface area contributed by atoms with Gasteiger partial charge in [0.25, 0.3) is 5.91 Å². The molecule has 3 amide bonds. The Hall–Kier alpha value is -2.93. The number of likely N-dealkylation sites (N-methyl/N-ethyl adjacent to an activating group) is 1. The second-order valence-electron chi connectivity index (χ2n) is 6.74. The van der Waals surface area contributed by atoms with E-state index in [1.54, 1.807) is 38.1 Å². The first-order chi connectivity index (χ1) is 13.8. The van der Waals surface area contributed by atoms with Crippen LogP contribution in [0.25, 0.3) is 0 Å². The zero-order valence-corrected chi connectivity index (χ0v) is 16.9. The van der Waals surface area contributed by atoms with E-state index in [2.05, 4.69) is 0 Å². The van der Waals surface area contributed by atoms with Gasteiger partial charge < -0.3 is 9.80 Å². The van der Waals surface area contributed by atoms with E-state index in [0.29, 0.717) is 10.7 Å². The van der Waals surface area contributed by atoms with E-state index >= 15 is 0 Å². The smallest absolute Gasteiger partial charge is 0.257 e. The van der Waals surface area contributed by atoms with E-state index in [1.165, 1.54) is 32.9 Å². The summed E-state index contributed by atoms with van der Waals surface area (Å²) in [5.41, 5.74) is 1.31. The minimum absolute atomic E-state index is 0.0737. The molecule has 0 aromatic heterocycles. The first kappa shape index (κ1) is 20.8. The van der Waals surface area contributed by atoms with Crippen LogP contribution in [-0.2, 0) is 9.59 Å². The van der Waals surface area contributed by atoms with Crippen LogP contribution < -0.4 is 4.90 Å². The molecule has 29 heavy (non-hydrogen) atoms. The van der Waals surface area contributed by atoms with Crippen LogP contribution in [0, 0.1) is 12.7 Å². The van der Waals surface area contributed by atoms with Gasteiger partial charge in [0, 0.05) is 17.3 Å². The van der Waals surface area contributed by atoms with Crippen LogP contribution in [0.4, 0.5) is 10.1 Å². The van der Waals surface area contributed by atoms with E-state index in [1.807, 2.05) is 0 Å². The molecule has 2 aromatic carbocycles. The summed E-state index contributed by atoms with van der Waals surface area (Å²) < 4.78 is 13.9. The first-order valence-electron chi connectivity index (χ1n) is 9.20. The Balaban J connectivity index is 1.72. The third-order valence-corrected chi connectivity index (χ3v) is 5.33. The van der Waals surface area contributed by atoms with Gasteiger partial charge in [0.2, 0.25) is 11.8 Å². The highest BCUT2D eigenvalue weighted by Crippen LogP contribution is 2.28. The van der Waals surface area contributed by atoms with Crippen LogP contribution >= 0.6 is 11.6 Å². The van der Waals surface area contributed by atoms with Gasteiger partial charge in [0.15, 0.2) is 0 Å². The van der Waals surface area contributed by atoms with Crippen molar-refractivity contribution in [3.05, 3.63) is 64.4 Å². The third-order valence-electron chi connectivity index (χ3n) is 4.92. The molecule has 0 spiro atoms. The lowest BCUT2D eigenvalue weighted by Gasteiger charge is -2.24. The molecule has 1 aliphatic rings. The molecule has 1 fully saturated rings. The number of anilines is 1. The highest BCUT2D eigenvalue weighted by atomic mass is 35.5. The van der Waals surface area contributed by atoms with Gasteiger partial charge in [-0.1, -0.05) is 29.8 Å². The lowest BCUT2D eigenvalue weighted by Crippen LogP contribution is -2.42. The van der Waals surface area contributed by atoms with Crippen molar-refractivity contribution < 1.29 is 18.8 Å². The molecular weight excluding hydrogens is 397 g/mol. The summed E-state index contributed by atoms with van der Waals surface area (Å²) in [6.07, 6.45) is 0. The number of halogens is 2. The molecule has 3 rings (SSSR count). The van der Waals surface area contributed by atoms with Gasteiger partial charge in [-0.15, -0.1) is 0 Å². The maximum absolute atomic E-state index is 13.9. The van der Waals surface area contributed by atoms with Crippen LogP contribution in [0.3, 0.4) is 0 Å². The van der Waals surface area contributed by atoms with Gasteiger partial charge in [-0.05, 0) is 43.7 Å². The van der Waals surface area contributed by atoms with Crippen molar-refractivity contribution in [3.63, 3.8) is 0 Å². The predicted octanol–water partition coefficient (Wildman–Crippen LogP) is 3.08. The van der Waals surface area contributed by atoms with Crippen LogP contribution in [0.1, 0.15) is 22.8 Å². The standard InChI is InChI=1S/C21H21ClFN3O3/c1-3-24(21(29)15-7-4-5-9-17(15)23)11-19(27)25-12-20(28)26(13-25)18-10-6-8-16(22)14(18)2/h4-10H,3,11-13H2,1-2H3. The Morgan fingerprint density at radius 2 is 1.90 bits per heavy atom. The highest BCUT2D eigenvalue weighted by molar-refractivity contribution is 6.31. The predicted molar refractivity (Wildman–Crippen MR) is 108 cm³/mol. The number of hydrogen-bond acceptors (Lipinski definition) is 3. The molecule has 6 nitrogen and oxygen atoms in total. The summed E-state index contributed by atoms with van der Waals surface area (Å²) in [7, 11) is 0. The van der Waals surface area contributed by atoms with E-state index in [0.717, 1.165) is 5.56 Å². The van der Waals surface area contributed by atoms with E-state index in [-0.39, 0.29) is 43.7 Å². The Morgan fingerprint density at radius 3 is 2.59 bits per heavy atom. The average Bonchev–Trinajstić information content (AvgIpc) is 3.09. The quantitative estimate of drug-likeness (QED) is 0.751. The number of amides is 3. The molecule has 0 atom stereocenters. The topological polar surface area (TPSA) is 60.9 Å². The molecule has 0 N–H and O–H groups in total. The van der Waals surface area contributed by atoms with Crippen molar-refractivity contribution in [2.75, 3.05) is 31.2 Å². The van der Waals surface area contributed by atoms with Crippen LogP contribution in [0.15, 0.2) is 42.5 Å². The Bertz CT molecular complexity index is 966. The Kier molecular flexibility index (Phi) is 6.17. The van der Waals surface area contributed by atoms with Crippen molar-refractivity contribution in [3.8, 4) is 0 Å². The number of rotatable bonds is 5. The molecule has 2 aromatic rings. The molecule has 0 unspecified atom stereocenters. The van der Waals surface area contributed by atoms with Crippen LogP contribution in [-0.4, -0.2) is 53.8 Å². The van der Waals surface area contributed by atoms with Gasteiger partial charge >= 0.3 is 0 Å². The molecular formula is C21H21ClFN3O3. The van der Waals surface area contributed by atoms with Crippen LogP contribution in [0.5, 0.6) is 0 Å². The largest absolute Gasteiger partial charge is 0.330 e. The summed E-state index contributed by atoms with van der Waals surface area (Å²) in [6.45, 7) is 3.50. The maximum atomic E-state index is 13.9. The minimum Gasteiger partial charge on any atom is -0.330 e. The molecule has 1 aliphatic heterocycles. The Labute approximate surface area is 173 Å². The van der Waals surface area contributed by atoms with E-state index in [4.69, 9.17) is 11.6 Å². The van der Waals surface area contributed by atoms with Crippen LogP contribution in [0.2, 0.25) is 5.02 Å². The number of carbonyl (C=O) groups is 3. The summed E-state index contributed by atoms with van der Waals surface area (Å²) >= 11 is 6.14. The van der Waals surface area contributed by atoms with Gasteiger partial charge in [-0.2, -0.15) is 0 Å². The fourth-order valence-electron chi connectivity index (χ4n) is 3.21. The summed E-state index contributed by atoms with van der Waals surface area (Å²) in [5.74, 6) is -1.81. The van der Waals surface area contributed by atoms with E-state index in [9.17, 15) is 18.8 Å². The number of nitrogens with zero attached hydrogens (tertiary/aromatic N) is 3. The minimum atomic E-state index is -0.637. The zero-order valence-electron chi connectivity index (χ0n) is 16.2. The second kappa shape index (κ2) is 8.61. The van der Waals surface area contributed by atoms with Gasteiger partial charge in [-0.3, -0.25) is 19.3 Å². The summed E-state index contributed by atoms with van der Waals surface area (Å²) in [6, 6.07) is 10.9. The highest BCUT2D eigenvalue weighted by Gasteiger charge is 2.33. The van der Waals surface area contributed by atoms with Gasteiger partial charge in [-0.25, -0.2) is 4.39 Å². The molecule has 152 valence electrons. The van der Waals surface area contributed by atoms with Crippen molar-refractivity contribution in [2.45, 2.75) is 13.8 Å². The molecule has 0 radical (unpaired) electrons. The Morgan fingerprint density at radius 1 is 1.17 bits per heavy atom. The van der Waals surface area contributed by atoms with Crippen molar-refractivity contribution in [1.82, 2.24) is 9.80 Å². The molecule has 0 saturated carbocycles. The average molecular weight is 418 g/mol. The summed E-state index contributed by atoms with van der Waals surface area (Å²) in [5, 5.41) is 0.535. The third kappa shape index (κ3) is 4.24. The van der Waals surface area contributed by atoms with Crippen molar-refractivity contribution >= 4 is 35.0 Å². The fraction of sp³-hybridized carbons (Fsp3) is 0.286. The van der Waals surface area contributed by atoms with Crippen molar-refractivity contribution in [1.29, 1.82) is 0 Å². The molecule has 0 bridgehead atoms. The molecule has 1 saturated heterocycles. The number of benzene rings is 2. The van der Waals surface area contributed by atoms with Gasteiger partial charge in [0.1, 0.15) is 25.6 Å². The van der Waals surface area contributed by atoms with E-state index < -0.39 is 11.7 Å². The number of carbonyl (C=O) groups excluding carboxylic acids is 3. The molecule has 1 heterocycles. The lowest BCUT2D eigenvalue weighted by molar-refractivity contribution is -0.132. The number of hydrogen-bond donors (Lipinski definition) is 0. The second-order valence-corrected chi connectivity index (χ2v) is 7.15. The lowest BCUT2D eigenvalue weighted by atomic mass is 10.2. The normalized spacial score (nSPS) is 13.7. The molecule has 0 aliphatic carbocycles. The maximum Gasteiger partial charge on any atom is 0.257 e. The van der Waals surface area contributed by atoms with Crippen molar-refractivity contribution in [2.24, 2.45) is 0 Å². The SMILES string of the molecule is CCN(CC(=O)N1CC(=O)N(c2cccc(Cl)c2C)C1)C(=O)c1ccccc1F. The molecule has 8 heteroatoms. The first-order valence-corrected chi connectivity index (χ1v) is 9.58. The summed E-state index contributed by atoms with van der Waals surface area (Å²) in [4.78, 5) is 41.9. The fourth-order valence-corrected chi connectivity index (χ4v) is 3.38.